The van der Waals surface area contributed by atoms with Crippen LogP contribution >= 0.6 is 11.6 Å². The molecule has 1 aromatic carbocycles. The molecule has 1 N–H and O–H groups in total. The number of hydrogen-bond donors (Lipinski definition) is 1. The van der Waals surface area contributed by atoms with Gasteiger partial charge in [0, 0.05) is 16.8 Å². The summed E-state index contributed by atoms with van der Waals surface area (Å²) in [7, 11) is 0. The van der Waals surface area contributed by atoms with Gasteiger partial charge in [-0.15, -0.1) is 5.10 Å². The minimum Gasteiger partial charge on any atom is -0.345 e. The van der Waals surface area contributed by atoms with E-state index in [4.69, 9.17) is 16.9 Å². The highest BCUT2D eigenvalue weighted by atomic mass is 35.5. The van der Waals surface area contributed by atoms with Crippen molar-refractivity contribution in [2.45, 2.75) is 32.2 Å². The number of rotatable bonds is 5. The molecule has 1 fully saturated rings. The van der Waals surface area contributed by atoms with E-state index in [0.29, 0.717) is 39.5 Å². The van der Waals surface area contributed by atoms with Gasteiger partial charge in [0.05, 0.1) is 12.1 Å². The molecule has 0 spiro atoms. The smallest absolute Gasteiger partial charge is 0.251 e. The van der Waals surface area contributed by atoms with E-state index in [2.05, 4.69) is 20.4 Å². The molecular weight excluding hydrogens is 376 g/mol. The summed E-state index contributed by atoms with van der Waals surface area (Å²) >= 11 is 6.18. The molecular formula is C20H17ClN6O. The molecule has 140 valence electrons. The summed E-state index contributed by atoms with van der Waals surface area (Å²) in [6.45, 7) is 1.96. The van der Waals surface area contributed by atoms with Crippen LogP contribution in [0.25, 0.3) is 5.82 Å². The van der Waals surface area contributed by atoms with Crippen molar-refractivity contribution in [2.75, 3.05) is 0 Å². The van der Waals surface area contributed by atoms with Crippen molar-refractivity contribution in [3.63, 3.8) is 0 Å². The molecule has 0 atom stereocenters. The summed E-state index contributed by atoms with van der Waals surface area (Å²) in [6, 6.07) is 10.9. The van der Waals surface area contributed by atoms with Crippen LogP contribution < -0.4 is 5.32 Å². The summed E-state index contributed by atoms with van der Waals surface area (Å²) in [5, 5.41) is 16.7. The fourth-order valence-electron chi connectivity index (χ4n) is 2.99. The lowest BCUT2D eigenvalue weighted by Crippen LogP contribution is -2.25. The topological polar surface area (TPSA) is 96.5 Å². The van der Waals surface area contributed by atoms with Crippen LogP contribution in [0, 0.1) is 18.3 Å². The van der Waals surface area contributed by atoms with Crippen molar-refractivity contribution < 1.29 is 4.79 Å². The molecule has 3 aromatic rings. The molecule has 0 unspecified atom stereocenters. The van der Waals surface area contributed by atoms with Gasteiger partial charge in [-0.1, -0.05) is 11.6 Å². The Morgan fingerprint density at radius 2 is 2.18 bits per heavy atom. The minimum absolute atomic E-state index is 0.187. The van der Waals surface area contributed by atoms with Crippen molar-refractivity contribution in [3.8, 4) is 11.9 Å². The number of pyridine rings is 1. The van der Waals surface area contributed by atoms with Crippen LogP contribution in [0.3, 0.4) is 0 Å². The van der Waals surface area contributed by atoms with Gasteiger partial charge in [0.2, 0.25) is 0 Å². The van der Waals surface area contributed by atoms with Gasteiger partial charge in [-0.2, -0.15) is 9.94 Å². The predicted molar refractivity (Wildman–Crippen MR) is 103 cm³/mol. The zero-order valence-electron chi connectivity index (χ0n) is 15.2. The molecule has 1 aliphatic rings. The third-order valence-corrected chi connectivity index (χ3v) is 4.73. The van der Waals surface area contributed by atoms with Gasteiger partial charge >= 0.3 is 0 Å². The summed E-state index contributed by atoms with van der Waals surface area (Å²) < 4.78 is 1.56. The Bertz CT molecular complexity index is 1080. The van der Waals surface area contributed by atoms with E-state index in [9.17, 15) is 4.79 Å². The SMILES string of the molecule is Cc1nc(CNC(=O)c2cc(Cl)cc(C3CC3)c2)n(-c2ccc(C#N)cn2)n1. The lowest BCUT2D eigenvalue weighted by atomic mass is 10.1. The molecule has 7 nitrogen and oxygen atoms in total. The first-order valence-corrected chi connectivity index (χ1v) is 9.29. The molecule has 1 saturated carbocycles. The average Bonchev–Trinajstić information content (AvgIpc) is 3.48. The summed E-state index contributed by atoms with van der Waals surface area (Å²) in [5.41, 5.74) is 2.11. The zero-order chi connectivity index (χ0) is 19.7. The number of amides is 1. The zero-order valence-corrected chi connectivity index (χ0v) is 15.9. The van der Waals surface area contributed by atoms with Gasteiger partial charge in [-0.05, 0) is 61.6 Å². The molecule has 8 heteroatoms. The van der Waals surface area contributed by atoms with Crippen molar-refractivity contribution in [1.29, 1.82) is 5.26 Å². The number of aromatic nitrogens is 4. The first-order chi connectivity index (χ1) is 13.5. The third kappa shape index (κ3) is 3.87. The number of halogens is 1. The van der Waals surface area contributed by atoms with Crippen LogP contribution in [-0.2, 0) is 6.54 Å². The van der Waals surface area contributed by atoms with Crippen LogP contribution in [0.15, 0.2) is 36.5 Å². The monoisotopic (exact) mass is 392 g/mol. The van der Waals surface area contributed by atoms with E-state index in [1.54, 1.807) is 29.8 Å². The average molecular weight is 393 g/mol. The van der Waals surface area contributed by atoms with E-state index in [1.165, 1.54) is 6.20 Å². The maximum atomic E-state index is 12.6. The van der Waals surface area contributed by atoms with Crippen LogP contribution in [0.4, 0.5) is 0 Å². The van der Waals surface area contributed by atoms with Gasteiger partial charge < -0.3 is 5.32 Å². The third-order valence-electron chi connectivity index (χ3n) is 4.51. The standard InChI is InChI=1S/C20H17ClN6O/c1-12-25-19(27(26-12)18-5-2-13(9-22)10-23-18)11-24-20(28)16-6-15(14-3-4-14)7-17(21)8-16/h2,5-8,10,14H,3-4,11H2,1H3,(H,24,28). The van der Waals surface area contributed by atoms with E-state index in [0.717, 1.165) is 18.4 Å². The maximum absolute atomic E-state index is 12.6. The number of nitrogens with zero attached hydrogens (tertiary/aromatic N) is 5. The molecule has 28 heavy (non-hydrogen) atoms. The van der Waals surface area contributed by atoms with Gasteiger partial charge in [0.1, 0.15) is 11.9 Å². The highest BCUT2D eigenvalue weighted by molar-refractivity contribution is 6.31. The Labute approximate surface area is 167 Å². The van der Waals surface area contributed by atoms with Crippen molar-refractivity contribution in [2.24, 2.45) is 0 Å². The molecule has 0 bridgehead atoms. The largest absolute Gasteiger partial charge is 0.345 e. The van der Waals surface area contributed by atoms with E-state index in [-0.39, 0.29) is 12.5 Å². The number of nitriles is 1. The predicted octanol–water partition coefficient (Wildman–Crippen LogP) is 3.30. The summed E-state index contributed by atoms with van der Waals surface area (Å²) in [4.78, 5) is 21.2. The highest BCUT2D eigenvalue weighted by Crippen LogP contribution is 2.41. The molecule has 1 amide bonds. The van der Waals surface area contributed by atoms with Gasteiger partial charge in [-0.3, -0.25) is 4.79 Å². The van der Waals surface area contributed by atoms with Crippen molar-refractivity contribution in [1.82, 2.24) is 25.1 Å². The lowest BCUT2D eigenvalue weighted by molar-refractivity contribution is 0.0949. The summed E-state index contributed by atoms with van der Waals surface area (Å²) in [5.74, 6) is 1.94. The second-order valence-corrected chi connectivity index (χ2v) is 7.17. The number of carbonyl (C=O) groups is 1. The number of aryl methyl sites for hydroxylation is 1. The number of nitrogens with one attached hydrogen (secondary N) is 1. The normalized spacial score (nSPS) is 13.2. The maximum Gasteiger partial charge on any atom is 0.251 e. The number of hydrogen-bond acceptors (Lipinski definition) is 5. The first kappa shape index (κ1) is 18.1. The Morgan fingerprint density at radius 3 is 2.86 bits per heavy atom. The van der Waals surface area contributed by atoms with Crippen molar-refractivity contribution in [3.05, 3.63) is 69.9 Å². The molecule has 0 aliphatic heterocycles. The van der Waals surface area contributed by atoms with Crippen LogP contribution in [0.5, 0.6) is 0 Å². The first-order valence-electron chi connectivity index (χ1n) is 8.91. The Balaban J connectivity index is 1.52. The number of carbonyl (C=O) groups excluding carboxylic acids is 1. The number of benzene rings is 1. The van der Waals surface area contributed by atoms with E-state index >= 15 is 0 Å². The Morgan fingerprint density at radius 1 is 1.36 bits per heavy atom. The van der Waals surface area contributed by atoms with Gasteiger partial charge in [0.25, 0.3) is 5.91 Å². The van der Waals surface area contributed by atoms with E-state index in [1.807, 2.05) is 18.2 Å². The molecule has 2 heterocycles. The molecule has 2 aromatic heterocycles. The van der Waals surface area contributed by atoms with Crippen molar-refractivity contribution >= 4 is 17.5 Å². The van der Waals surface area contributed by atoms with E-state index < -0.39 is 0 Å². The van der Waals surface area contributed by atoms with Gasteiger partial charge in [0.15, 0.2) is 11.6 Å². The Kier molecular flexibility index (Phi) is 4.80. The van der Waals surface area contributed by atoms with Crippen LogP contribution in [0.2, 0.25) is 5.02 Å². The fraction of sp³-hybridized carbons (Fsp3) is 0.250. The molecule has 1 aliphatic carbocycles. The quantitative estimate of drug-likeness (QED) is 0.718. The minimum atomic E-state index is -0.218. The van der Waals surface area contributed by atoms with Crippen LogP contribution in [0.1, 0.15) is 51.9 Å². The molecule has 0 radical (unpaired) electrons. The molecule has 0 saturated heterocycles. The summed E-state index contributed by atoms with van der Waals surface area (Å²) in [6.07, 6.45) is 3.75. The second kappa shape index (κ2) is 7.41. The highest BCUT2D eigenvalue weighted by Gasteiger charge is 2.25. The second-order valence-electron chi connectivity index (χ2n) is 6.73. The van der Waals surface area contributed by atoms with Crippen LogP contribution in [-0.4, -0.2) is 25.7 Å². The van der Waals surface area contributed by atoms with Gasteiger partial charge in [-0.25, -0.2) is 9.97 Å². The molecule has 4 rings (SSSR count). The lowest BCUT2D eigenvalue weighted by Gasteiger charge is -2.09. The fourth-order valence-corrected chi connectivity index (χ4v) is 3.24. The Hall–Kier alpha value is -3.24.